The highest BCUT2D eigenvalue weighted by Crippen LogP contribution is 2.42. The molecule has 0 spiro atoms. The SMILES string of the molecule is COCC(=O)Nc1ccc(N2C(=S)NC(c3ccccn3)C2c2cccn2-c2ccccc2C)cc1. The van der Waals surface area contributed by atoms with E-state index >= 15 is 0 Å². The Balaban J connectivity index is 1.57. The van der Waals surface area contributed by atoms with Crippen LogP contribution in [0.4, 0.5) is 11.4 Å². The molecule has 2 aromatic heterocycles. The van der Waals surface area contributed by atoms with Crippen molar-refractivity contribution in [1.82, 2.24) is 14.9 Å². The summed E-state index contributed by atoms with van der Waals surface area (Å²) in [5.41, 5.74) is 5.91. The second kappa shape index (κ2) is 10.3. The van der Waals surface area contributed by atoms with E-state index in [0.717, 1.165) is 22.8 Å². The van der Waals surface area contributed by atoms with E-state index in [1.807, 2.05) is 54.6 Å². The minimum atomic E-state index is -0.201. The lowest BCUT2D eigenvalue weighted by atomic mass is 10.0. The number of carbonyl (C=O) groups is 1. The summed E-state index contributed by atoms with van der Waals surface area (Å²) in [6.45, 7) is 2.12. The number of thiocarbonyl (C=S) groups is 1. The van der Waals surface area contributed by atoms with Crippen molar-refractivity contribution in [1.29, 1.82) is 0 Å². The normalized spacial score (nSPS) is 17.2. The van der Waals surface area contributed by atoms with Crippen LogP contribution in [0, 0.1) is 6.92 Å². The van der Waals surface area contributed by atoms with Gasteiger partial charge in [0.1, 0.15) is 12.6 Å². The van der Waals surface area contributed by atoms with E-state index in [1.165, 1.54) is 12.7 Å². The molecule has 1 saturated heterocycles. The zero-order chi connectivity index (χ0) is 25.1. The summed E-state index contributed by atoms with van der Waals surface area (Å²) in [7, 11) is 1.49. The molecule has 7 nitrogen and oxygen atoms in total. The fourth-order valence-corrected chi connectivity index (χ4v) is 5.00. The molecule has 0 radical (unpaired) electrons. The lowest BCUT2D eigenvalue weighted by Crippen LogP contribution is -2.30. The van der Waals surface area contributed by atoms with Crippen molar-refractivity contribution in [3.63, 3.8) is 0 Å². The number of benzene rings is 2. The number of ether oxygens (including phenoxy) is 1. The van der Waals surface area contributed by atoms with Crippen LogP contribution >= 0.6 is 12.2 Å². The molecule has 2 aromatic carbocycles. The van der Waals surface area contributed by atoms with Gasteiger partial charge >= 0.3 is 0 Å². The Bertz CT molecular complexity index is 1370. The Kier molecular flexibility index (Phi) is 6.79. The molecule has 2 N–H and O–H groups in total. The van der Waals surface area contributed by atoms with Gasteiger partial charge in [-0.2, -0.15) is 0 Å². The van der Waals surface area contributed by atoms with Crippen molar-refractivity contribution in [2.24, 2.45) is 0 Å². The van der Waals surface area contributed by atoms with Crippen molar-refractivity contribution in [3.05, 3.63) is 108 Å². The smallest absolute Gasteiger partial charge is 0.250 e. The zero-order valence-electron chi connectivity index (χ0n) is 20.1. The fraction of sp³-hybridized carbons (Fsp3) is 0.179. The predicted molar refractivity (Wildman–Crippen MR) is 145 cm³/mol. The topological polar surface area (TPSA) is 71.4 Å². The summed E-state index contributed by atoms with van der Waals surface area (Å²) < 4.78 is 7.13. The number of nitrogens with zero attached hydrogens (tertiary/aromatic N) is 3. The summed E-state index contributed by atoms with van der Waals surface area (Å²) in [6, 6.07) is 25.8. The van der Waals surface area contributed by atoms with Crippen LogP contribution in [0.5, 0.6) is 0 Å². The van der Waals surface area contributed by atoms with Crippen molar-refractivity contribution < 1.29 is 9.53 Å². The maximum atomic E-state index is 11.9. The molecule has 1 aliphatic rings. The lowest BCUT2D eigenvalue weighted by molar-refractivity contribution is -0.119. The highest BCUT2D eigenvalue weighted by atomic mass is 32.1. The molecule has 5 rings (SSSR count). The number of aromatic nitrogens is 2. The molecule has 1 amide bonds. The van der Waals surface area contributed by atoms with E-state index in [-0.39, 0.29) is 24.6 Å². The van der Waals surface area contributed by atoms with Crippen LogP contribution in [0.15, 0.2) is 91.3 Å². The quantitative estimate of drug-likeness (QED) is 0.353. The molecular weight excluding hydrogens is 470 g/mol. The Labute approximate surface area is 215 Å². The van der Waals surface area contributed by atoms with Crippen LogP contribution in [0.25, 0.3) is 5.69 Å². The highest BCUT2D eigenvalue weighted by Gasteiger charge is 2.42. The predicted octanol–water partition coefficient (Wildman–Crippen LogP) is 4.94. The van der Waals surface area contributed by atoms with Gasteiger partial charge in [-0.3, -0.25) is 9.78 Å². The van der Waals surface area contributed by atoms with Gasteiger partial charge in [-0.15, -0.1) is 0 Å². The van der Waals surface area contributed by atoms with Crippen molar-refractivity contribution in [2.45, 2.75) is 19.0 Å². The molecule has 0 bridgehead atoms. The number of hydrogen-bond donors (Lipinski definition) is 2. The third kappa shape index (κ3) is 4.60. The molecule has 1 aliphatic heterocycles. The molecule has 4 aromatic rings. The molecule has 0 saturated carbocycles. The van der Waals surface area contributed by atoms with Crippen molar-refractivity contribution in [2.75, 3.05) is 23.9 Å². The molecule has 2 atom stereocenters. The Morgan fingerprint density at radius 2 is 1.83 bits per heavy atom. The van der Waals surface area contributed by atoms with E-state index in [2.05, 4.69) is 62.5 Å². The summed E-state index contributed by atoms with van der Waals surface area (Å²) in [5, 5.41) is 6.96. The standard InChI is InChI=1S/C28H27N5O2S/c1-19-8-3-4-10-23(19)32-17-7-11-24(32)27-26(22-9-5-6-16-29-22)31-28(36)33(27)21-14-12-20(13-15-21)30-25(34)18-35-2/h3-17,26-27H,18H2,1-2H3,(H,30,34)(H,31,36). The number of carbonyl (C=O) groups excluding carboxylic acids is 1. The number of pyridine rings is 1. The number of methoxy groups -OCH3 is 1. The van der Waals surface area contributed by atoms with Crippen molar-refractivity contribution >= 4 is 34.6 Å². The van der Waals surface area contributed by atoms with Gasteiger partial charge in [-0.1, -0.05) is 24.3 Å². The minimum Gasteiger partial charge on any atom is -0.375 e. The third-order valence-electron chi connectivity index (χ3n) is 6.26. The number of amides is 1. The average Bonchev–Trinajstić information content (AvgIpc) is 3.50. The number of aryl methyl sites for hydroxylation is 1. The van der Waals surface area contributed by atoms with E-state index in [9.17, 15) is 4.79 Å². The maximum absolute atomic E-state index is 11.9. The number of nitrogens with one attached hydrogen (secondary N) is 2. The van der Waals surface area contributed by atoms with Gasteiger partial charge in [0.2, 0.25) is 5.91 Å². The molecule has 2 unspecified atom stereocenters. The first-order valence-electron chi connectivity index (χ1n) is 11.7. The molecule has 36 heavy (non-hydrogen) atoms. The van der Waals surface area contributed by atoms with Gasteiger partial charge in [-0.25, -0.2) is 0 Å². The second-order valence-corrected chi connectivity index (χ2v) is 9.00. The third-order valence-corrected chi connectivity index (χ3v) is 6.58. The first kappa shape index (κ1) is 23.7. The van der Waals surface area contributed by atoms with Crippen LogP contribution in [0.3, 0.4) is 0 Å². The summed E-state index contributed by atoms with van der Waals surface area (Å²) in [6.07, 6.45) is 3.89. The van der Waals surface area contributed by atoms with Gasteiger partial charge in [-0.05, 0) is 79.3 Å². The van der Waals surface area contributed by atoms with Gasteiger partial charge in [0.25, 0.3) is 0 Å². The Morgan fingerprint density at radius 3 is 2.56 bits per heavy atom. The fourth-order valence-electron chi connectivity index (χ4n) is 4.66. The number of para-hydroxylation sites is 1. The molecule has 182 valence electrons. The number of hydrogen-bond acceptors (Lipinski definition) is 4. The van der Waals surface area contributed by atoms with Gasteiger partial charge in [0.15, 0.2) is 5.11 Å². The van der Waals surface area contributed by atoms with Crippen LogP contribution < -0.4 is 15.5 Å². The van der Waals surface area contributed by atoms with Crippen molar-refractivity contribution in [3.8, 4) is 5.69 Å². The van der Waals surface area contributed by atoms with Crippen LogP contribution in [-0.4, -0.2) is 34.3 Å². The van der Waals surface area contributed by atoms with Gasteiger partial charge < -0.3 is 24.8 Å². The van der Waals surface area contributed by atoms with Crippen LogP contribution in [-0.2, 0) is 9.53 Å². The summed E-state index contributed by atoms with van der Waals surface area (Å²) in [5.74, 6) is -0.201. The maximum Gasteiger partial charge on any atom is 0.250 e. The second-order valence-electron chi connectivity index (χ2n) is 8.61. The first-order chi connectivity index (χ1) is 17.6. The van der Waals surface area contributed by atoms with E-state index in [1.54, 1.807) is 6.20 Å². The Hall–Kier alpha value is -4.01. The van der Waals surface area contributed by atoms with Gasteiger partial charge in [0, 0.05) is 42.3 Å². The van der Waals surface area contributed by atoms with Gasteiger partial charge in [0.05, 0.1) is 11.7 Å². The van der Waals surface area contributed by atoms with E-state index in [0.29, 0.717) is 10.8 Å². The number of rotatable bonds is 7. The molecule has 3 heterocycles. The zero-order valence-corrected chi connectivity index (χ0v) is 20.9. The summed E-state index contributed by atoms with van der Waals surface area (Å²) >= 11 is 5.87. The van der Waals surface area contributed by atoms with Crippen LogP contribution in [0.1, 0.15) is 29.0 Å². The molecule has 1 fully saturated rings. The van der Waals surface area contributed by atoms with Crippen LogP contribution in [0.2, 0.25) is 0 Å². The van der Waals surface area contributed by atoms with E-state index in [4.69, 9.17) is 17.0 Å². The number of anilines is 2. The minimum absolute atomic E-state index is 0.00556. The Morgan fingerprint density at radius 1 is 1.06 bits per heavy atom. The monoisotopic (exact) mass is 497 g/mol. The lowest BCUT2D eigenvalue weighted by Gasteiger charge is -2.29. The molecule has 0 aliphatic carbocycles. The first-order valence-corrected chi connectivity index (χ1v) is 12.1. The highest BCUT2D eigenvalue weighted by molar-refractivity contribution is 7.80. The average molecular weight is 498 g/mol. The molecule has 8 heteroatoms. The largest absolute Gasteiger partial charge is 0.375 e. The molecular formula is C28H27N5O2S. The summed E-state index contributed by atoms with van der Waals surface area (Å²) in [4.78, 5) is 18.7. The van der Waals surface area contributed by atoms with E-state index < -0.39 is 0 Å².